The molecular weight excluding hydrogens is 378 g/mol. The second kappa shape index (κ2) is 9.15. The zero-order valence-corrected chi connectivity index (χ0v) is 16.3. The molecule has 0 radical (unpaired) electrons. The van der Waals surface area contributed by atoms with E-state index in [1.807, 2.05) is 42.5 Å². The van der Waals surface area contributed by atoms with Crippen LogP contribution in [0.4, 0.5) is 5.69 Å². The van der Waals surface area contributed by atoms with E-state index in [0.29, 0.717) is 27.8 Å². The van der Waals surface area contributed by atoms with Gasteiger partial charge in [-0.05, 0) is 18.2 Å². The highest BCUT2D eigenvalue weighted by Crippen LogP contribution is 2.36. The van der Waals surface area contributed by atoms with Crippen LogP contribution in [0, 0.1) is 0 Å². The van der Waals surface area contributed by atoms with Crippen molar-refractivity contribution in [2.24, 2.45) is 0 Å². The maximum absolute atomic E-state index is 12.9. The van der Waals surface area contributed by atoms with Crippen molar-refractivity contribution >= 4 is 23.2 Å². The van der Waals surface area contributed by atoms with Gasteiger partial charge < -0.3 is 19.5 Å². The Morgan fingerprint density at radius 1 is 0.929 bits per heavy atom. The van der Waals surface area contributed by atoms with E-state index >= 15 is 0 Å². The second-order valence-corrected chi connectivity index (χ2v) is 6.31. The number of methoxy groups -OCH3 is 2. The fraction of sp³-hybridized carbons (Fsp3) is 0.136. The van der Waals surface area contributed by atoms with E-state index in [1.165, 1.54) is 14.2 Å². The maximum Gasteiger partial charge on any atom is 0.256 e. The summed E-state index contributed by atoms with van der Waals surface area (Å²) < 4.78 is 16.3. The first-order valence-corrected chi connectivity index (χ1v) is 8.98. The van der Waals surface area contributed by atoms with Crippen molar-refractivity contribution in [3.63, 3.8) is 0 Å². The highest BCUT2D eigenvalue weighted by Gasteiger charge is 2.16. The van der Waals surface area contributed by atoms with Gasteiger partial charge in [0.15, 0.2) is 0 Å². The van der Waals surface area contributed by atoms with E-state index in [4.69, 9.17) is 25.8 Å². The van der Waals surface area contributed by atoms with Gasteiger partial charge in [-0.15, -0.1) is 0 Å². The Morgan fingerprint density at radius 3 is 2.32 bits per heavy atom. The van der Waals surface area contributed by atoms with Gasteiger partial charge in [-0.1, -0.05) is 48.0 Å². The first-order chi connectivity index (χ1) is 13.6. The van der Waals surface area contributed by atoms with Crippen LogP contribution in [0.5, 0.6) is 17.2 Å². The molecule has 0 atom stereocenters. The molecule has 3 aromatic rings. The molecule has 0 spiro atoms. The monoisotopic (exact) mass is 397 g/mol. The lowest BCUT2D eigenvalue weighted by Gasteiger charge is -2.15. The van der Waals surface area contributed by atoms with Crippen LogP contribution in [0.15, 0.2) is 66.7 Å². The Hall–Kier alpha value is -3.18. The first-order valence-electron chi connectivity index (χ1n) is 8.61. The Kier molecular flexibility index (Phi) is 6.40. The van der Waals surface area contributed by atoms with E-state index in [-0.39, 0.29) is 12.5 Å². The number of carbonyl (C=O) groups excluding carboxylic acids is 1. The molecule has 0 saturated heterocycles. The third-order valence-corrected chi connectivity index (χ3v) is 4.42. The second-order valence-electron chi connectivity index (χ2n) is 5.90. The summed E-state index contributed by atoms with van der Waals surface area (Å²) in [4.78, 5) is 12.9. The van der Waals surface area contributed by atoms with Gasteiger partial charge in [-0.3, -0.25) is 4.79 Å². The van der Waals surface area contributed by atoms with E-state index < -0.39 is 0 Å². The predicted octanol–water partition coefficient (Wildman–Crippen LogP) is 5.19. The van der Waals surface area contributed by atoms with Crippen LogP contribution >= 0.6 is 11.6 Å². The zero-order valence-electron chi connectivity index (χ0n) is 15.6. The summed E-state index contributed by atoms with van der Waals surface area (Å²) in [7, 11) is 3.02. The van der Waals surface area contributed by atoms with Crippen molar-refractivity contribution in [3.8, 4) is 17.2 Å². The highest BCUT2D eigenvalue weighted by molar-refractivity contribution is 6.32. The molecule has 0 saturated carbocycles. The van der Waals surface area contributed by atoms with Crippen molar-refractivity contribution in [3.05, 3.63) is 82.9 Å². The molecule has 6 heteroatoms. The number of hydrogen-bond acceptors (Lipinski definition) is 4. The van der Waals surface area contributed by atoms with Gasteiger partial charge in [-0.2, -0.15) is 0 Å². The van der Waals surface area contributed by atoms with Crippen molar-refractivity contribution < 1.29 is 19.0 Å². The molecule has 144 valence electrons. The molecule has 0 aliphatic rings. The SMILES string of the molecule is COc1cc(NC(=O)c2ccccc2COc2ccccc2)c(OC)cc1Cl. The number of hydrogen-bond donors (Lipinski definition) is 1. The molecule has 1 amide bonds. The number of carbonyl (C=O) groups is 1. The van der Waals surface area contributed by atoms with Gasteiger partial charge >= 0.3 is 0 Å². The van der Waals surface area contributed by atoms with E-state index in [2.05, 4.69) is 5.32 Å². The van der Waals surface area contributed by atoms with E-state index in [9.17, 15) is 4.79 Å². The van der Waals surface area contributed by atoms with Crippen LogP contribution in [0.1, 0.15) is 15.9 Å². The van der Waals surface area contributed by atoms with Gasteiger partial charge in [0, 0.05) is 23.3 Å². The fourth-order valence-corrected chi connectivity index (χ4v) is 2.92. The van der Waals surface area contributed by atoms with E-state index in [0.717, 1.165) is 11.3 Å². The fourth-order valence-electron chi connectivity index (χ4n) is 2.69. The van der Waals surface area contributed by atoms with Crippen LogP contribution in [-0.2, 0) is 6.61 Å². The Labute approximate surface area is 168 Å². The summed E-state index contributed by atoms with van der Waals surface area (Å²) in [5.41, 5.74) is 1.74. The summed E-state index contributed by atoms with van der Waals surface area (Å²) in [6.07, 6.45) is 0. The lowest BCUT2D eigenvalue weighted by atomic mass is 10.1. The van der Waals surface area contributed by atoms with Crippen LogP contribution in [0.25, 0.3) is 0 Å². The quantitative estimate of drug-likeness (QED) is 0.596. The topological polar surface area (TPSA) is 56.8 Å². The summed E-state index contributed by atoms with van der Waals surface area (Å²) >= 11 is 6.12. The summed E-state index contributed by atoms with van der Waals surface area (Å²) in [5, 5.41) is 3.26. The van der Waals surface area contributed by atoms with Gasteiger partial charge in [-0.25, -0.2) is 0 Å². The third kappa shape index (κ3) is 4.56. The van der Waals surface area contributed by atoms with Crippen molar-refractivity contribution in [1.82, 2.24) is 0 Å². The van der Waals surface area contributed by atoms with Crippen molar-refractivity contribution in [2.45, 2.75) is 6.61 Å². The molecule has 3 rings (SSSR count). The molecule has 0 heterocycles. The molecule has 0 aliphatic heterocycles. The minimum atomic E-state index is -0.282. The molecule has 0 aromatic heterocycles. The maximum atomic E-state index is 12.9. The minimum Gasteiger partial charge on any atom is -0.495 e. The van der Waals surface area contributed by atoms with Crippen molar-refractivity contribution in [2.75, 3.05) is 19.5 Å². The molecule has 5 nitrogen and oxygen atoms in total. The highest BCUT2D eigenvalue weighted by atomic mass is 35.5. The molecule has 28 heavy (non-hydrogen) atoms. The molecular formula is C22H20ClNO4. The summed E-state index contributed by atoms with van der Waals surface area (Å²) in [6.45, 7) is 0.273. The number of halogens is 1. The molecule has 0 aliphatic carbocycles. The average Bonchev–Trinajstić information content (AvgIpc) is 2.74. The van der Waals surface area contributed by atoms with Crippen LogP contribution in [0.2, 0.25) is 5.02 Å². The number of nitrogens with one attached hydrogen (secondary N) is 1. The normalized spacial score (nSPS) is 10.2. The average molecular weight is 398 g/mol. The minimum absolute atomic E-state index is 0.273. The Morgan fingerprint density at radius 2 is 1.61 bits per heavy atom. The number of benzene rings is 3. The first kappa shape index (κ1) is 19.6. The predicted molar refractivity (Wildman–Crippen MR) is 110 cm³/mol. The lowest BCUT2D eigenvalue weighted by Crippen LogP contribution is -2.16. The summed E-state index contributed by atoms with van der Waals surface area (Å²) in [6, 6.07) is 20.0. The lowest BCUT2D eigenvalue weighted by molar-refractivity contribution is 0.102. The van der Waals surface area contributed by atoms with Gasteiger partial charge in [0.1, 0.15) is 23.9 Å². The standard InChI is InChI=1S/C22H20ClNO4/c1-26-20-13-19(21(27-2)12-18(20)23)24-22(25)17-11-7-6-8-15(17)14-28-16-9-4-3-5-10-16/h3-13H,14H2,1-2H3,(H,24,25). The smallest absolute Gasteiger partial charge is 0.256 e. The van der Waals surface area contributed by atoms with Gasteiger partial charge in [0.25, 0.3) is 5.91 Å². The molecule has 3 aromatic carbocycles. The molecule has 0 fully saturated rings. The Balaban J connectivity index is 1.82. The van der Waals surface area contributed by atoms with Gasteiger partial charge in [0.05, 0.1) is 24.9 Å². The number of para-hydroxylation sites is 1. The number of rotatable bonds is 7. The van der Waals surface area contributed by atoms with Gasteiger partial charge in [0.2, 0.25) is 0 Å². The molecule has 0 bridgehead atoms. The van der Waals surface area contributed by atoms with Crippen LogP contribution in [0.3, 0.4) is 0 Å². The largest absolute Gasteiger partial charge is 0.495 e. The third-order valence-electron chi connectivity index (χ3n) is 4.12. The molecule has 1 N–H and O–H groups in total. The number of amides is 1. The number of ether oxygens (including phenoxy) is 3. The molecule has 0 unspecified atom stereocenters. The number of anilines is 1. The van der Waals surface area contributed by atoms with E-state index in [1.54, 1.807) is 24.3 Å². The van der Waals surface area contributed by atoms with Crippen LogP contribution < -0.4 is 19.5 Å². The summed E-state index contributed by atoms with van der Waals surface area (Å²) in [5.74, 6) is 1.34. The van der Waals surface area contributed by atoms with Crippen molar-refractivity contribution in [1.29, 1.82) is 0 Å². The van der Waals surface area contributed by atoms with Crippen LogP contribution in [-0.4, -0.2) is 20.1 Å². The Bertz CT molecular complexity index is 960. The zero-order chi connectivity index (χ0) is 19.9.